The number of aromatic nitrogens is 4. The fourth-order valence-corrected chi connectivity index (χ4v) is 3.02. The molecule has 0 aliphatic heterocycles. The lowest BCUT2D eigenvalue weighted by Gasteiger charge is -2.15. The topological polar surface area (TPSA) is 70.8 Å². The normalized spacial score (nSPS) is 10.9. The molecule has 4 aromatic rings. The molecule has 2 aromatic carbocycles. The molecule has 0 spiro atoms. The second-order valence-electron chi connectivity index (χ2n) is 5.92. The first-order chi connectivity index (χ1) is 13.6. The second-order valence-corrected chi connectivity index (χ2v) is 5.92. The average Bonchev–Trinajstić information content (AvgIpc) is 3.21. The maximum atomic E-state index is 13.3. The zero-order valence-corrected chi connectivity index (χ0v) is 15.5. The molecular weight excluding hydrogens is 363 g/mol. The highest BCUT2D eigenvalue weighted by atomic mass is 19.1. The lowest BCUT2D eigenvalue weighted by molar-refractivity contribution is 0.324. The number of hydrogen-bond donors (Lipinski definition) is 0. The molecule has 2 heterocycles. The number of rotatable bonds is 5. The summed E-state index contributed by atoms with van der Waals surface area (Å²) in [6.07, 6.45) is 1.43. The maximum Gasteiger partial charge on any atom is 0.253 e. The van der Waals surface area contributed by atoms with Crippen molar-refractivity contribution in [3.8, 4) is 39.8 Å². The summed E-state index contributed by atoms with van der Waals surface area (Å²) in [7, 11) is 4.67. The van der Waals surface area contributed by atoms with E-state index in [1.54, 1.807) is 38.0 Å². The van der Waals surface area contributed by atoms with Gasteiger partial charge >= 0.3 is 0 Å². The van der Waals surface area contributed by atoms with Crippen molar-refractivity contribution in [3.63, 3.8) is 0 Å². The SMILES string of the molecule is COc1cc(-c2cc(-c3ccc(F)cc3)nc3ncnn23)cc(OC)c1OC. The lowest BCUT2D eigenvalue weighted by Crippen LogP contribution is -2.01. The molecule has 0 bridgehead atoms. The third-order valence-corrected chi connectivity index (χ3v) is 4.35. The zero-order valence-electron chi connectivity index (χ0n) is 15.5. The number of ether oxygens (including phenoxy) is 3. The van der Waals surface area contributed by atoms with Gasteiger partial charge in [-0.1, -0.05) is 0 Å². The van der Waals surface area contributed by atoms with Crippen LogP contribution in [0.5, 0.6) is 17.2 Å². The molecule has 0 N–H and O–H groups in total. The van der Waals surface area contributed by atoms with Crippen LogP contribution in [-0.2, 0) is 0 Å². The van der Waals surface area contributed by atoms with Gasteiger partial charge in [-0.05, 0) is 42.5 Å². The Balaban J connectivity index is 1.96. The van der Waals surface area contributed by atoms with Crippen molar-refractivity contribution in [1.29, 1.82) is 0 Å². The van der Waals surface area contributed by atoms with Crippen LogP contribution in [0.25, 0.3) is 28.3 Å². The van der Waals surface area contributed by atoms with Crippen molar-refractivity contribution in [1.82, 2.24) is 19.6 Å². The summed E-state index contributed by atoms with van der Waals surface area (Å²) in [6, 6.07) is 11.6. The van der Waals surface area contributed by atoms with Crippen molar-refractivity contribution < 1.29 is 18.6 Å². The van der Waals surface area contributed by atoms with Crippen LogP contribution >= 0.6 is 0 Å². The van der Waals surface area contributed by atoms with Crippen molar-refractivity contribution in [2.75, 3.05) is 21.3 Å². The number of halogens is 1. The van der Waals surface area contributed by atoms with Crippen LogP contribution in [0, 0.1) is 5.82 Å². The van der Waals surface area contributed by atoms with Gasteiger partial charge in [-0.15, -0.1) is 0 Å². The highest BCUT2D eigenvalue weighted by Crippen LogP contribution is 2.41. The molecule has 0 radical (unpaired) electrons. The van der Waals surface area contributed by atoms with E-state index in [2.05, 4.69) is 15.1 Å². The van der Waals surface area contributed by atoms with E-state index in [0.29, 0.717) is 28.7 Å². The molecule has 0 amide bonds. The quantitative estimate of drug-likeness (QED) is 0.527. The predicted octanol–water partition coefficient (Wildman–Crippen LogP) is 3.62. The van der Waals surface area contributed by atoms with Crippen molar-refractivity contribution in [2.45, 2.75) is 0 Å². The van der Waals surface area contributed by atoms with E-state index in [1.807, 2.05) is 18.2 Å². The Labute approximate surface area is 160 Å². The van der Waals surface area contributed by atoms with Crippen LogP contribution < -0.4 is 14.2 Å². The molecule has 2 aromatic heterocycles. The Morgan fingerprint density at radius 2 is 1.54 bits per heavy atom. The summed E-state index contributed by atoms with van der Waals surface area (Å²) in [5.41, 5.74) is 2.90. The first-order valence-electron chi connectivity index (χ1n) is 8.41. The molecule has 0 unspecified atom stereocenters. The van der Waals surface area contributed by atoms with E-state index in [4.69, 9.17) is 14.2 Å². The largest absolute Gasteiger partial charge is 0.493 e. The van der Waals surface area contributed by atoms with Gasteiger partial charge in [0, 0.05) is 11.1 Å². The molecule has 0 saturated carbocycles. The van der Waals surface area contributed by atoms with Crippen LogP contribution in [0.1, 0.15) is 0 Å². The summed E-state index contributed by atoms with van der Waals surface area (Å²) >= 11 is 0. The molecule has 28 heavy (non-hydrogen) atoms. The molecule has 0 atom stereocenters. The van der Waals surface area contributed by atoms with Gasteiger partial charge < -0.3 is 14.2 Å². The number of nitrogens with zero attached hydrogens (tertiary/aromatic N) is 4. The lowest BCUT2D eigenvalue weighted by atomic mass is 10.1. The predicted molar refractivity (Wildman–Crippen MR) is 101 cm³/mol. The zero-order chi connectivity index (χ0) is 19.7. The molecule has 4 rings (SSSR count). The summed E-state index contributed by atoms with van der Waals surface area (Å²) < 4.78 is 31.2. The van der Waals surface area contributed by atoms with E-state index in [9.17, 15) is 4.39 Å². The van der Waals surface area contributed by atoms with Crippen LogP contribution in [0.15, 0.2) is 48.8 Å². The standard InChI is InChI=1S/C20H17FN4O3/c1-26-17-8-13(9-18(27-2)19(17)28-3)16-10-15(12-4-6-14(21)7-5-12)24-20-22-11-23-25(16)20/h4-11H,1-3H3. The van der Waals surface area contributed by atoms with Crippen LogP contribution in [0.4, 0.5) is 4.39 Å². The first kappa shape index (κ1) is 17.7. The highest BCUT2D eigenvalue weighted by molar-refractivity contribution is 5.74. The molecule has 0 fully saturated rings. The minimum absolute atomic E-state index is 0.308. The van der Waals surface area contributed by atoms with E-state index < -0.39 is 0 Å². The highest BCUT2D eigenvalue weighted by Gasteiger charge is 2.17. The number of hydrogen-bond acceptors (Lipinski definition) is 6. The van der Waals surface area contributed by atoms with Crippen LogP contribution in [0.2, 0.25) is 0 Å². The Morgan fingerprint density at radius 3 is 2.14 bits per heavy atom. The Hall–Kier alpha value is -3.68. The fraction of sp³-hybridized carbons (Fsp3) is 0.150. The number of benzene rings is 2. The second kappa shape index (κ2) is 7.15. The Morgan fingerprint density at radius 1 is 0.857 bits per heavy atom. The summed E-state index contributed by atoms with van der Waals surface area (Å²) in [5.74, 6) is 1.65. The van der Waals surface area contributed by atoms with Gasteiger partial charge in [0.25, 0.3) is 5.78 Å². The molecule has 142 valence electrons. The Kier molecular flexibility index (Phi) is 4.52. The van der Waals surface area contributed by atoms with Crippen LogP contribution in [-0.4, -0.2) is 40.9 Å². The van der Waals surface area contributed by atoms with Gasteiger partial charge in [0.2, 0.25) is 5.75 Å². The van der Waals surface area contributed by atoms with E-state index in [-0.39, 0.29) is 5.82 Å². The van der Waals surface area contributed by atoms with Gasteiger partial charge in [0.1, 0.15) is 12.1 Å². The minimum atomic E-state index is -0.308. The van der Waals surface area contributed by atoms with Gasteiger partial charge in [0.15, 0.2) is 11.5 Å². The monoisotopic (exact) mass is 380 g/mol. The smallest absolute Gasteiger partial charge is 0.253 e. The molecule has 7 nitrogen and oxygen atoms in total. The van der Waals surface area contributed by atoms with Crippen LogP contribution in [0.3, 0.4) is 0 Å². The first-order valence-corrected chi connectivity index (χ1v) is 8.41. The average molecular weight is 380 g/mol. The van der Waals surface area contributed by atoms with Gasteiger partial charge in [-0.3, -0.25) is 0 Å². The molecule has 8 heteroatoms. The molecule has 0 aliphatic carbocycles. The van der Waals surface area contributed by atoms with Crippen molar-refractivity contribution in [3.05, 3.63) is 54.6 Å². The molecule has 0 aliphatic rings. The van der Waals surface area contributed by atoms with E-state index in [0.717, 1.165) is 16.8 Å². The maximum absolute atomic E-state index is 13.3. The minimum Gasteiger partial charge on any atom is -0.493 e. The van der Waals surface area contributed by atoms with Gasteiger partial charge in [0.05, 0.1) is 32.7 Å². The van der Waals surface area contributed by atoms with E-state index >= 15 is 0 Å². The molecule has 0 saturated heterocycles. The number of methoxy groups -OCH3 is 3. The number of fused-ring (bicyclic) bond motifs is 1. The third kappa shape index (κ3) is 2.98. The third-order valence-electron chi connectivity index (χ3n) is 4.35. The van der Waals surface area contributed by atoms with Gasteiger partial charge in [-0.2, -0.15) is 14.6 Å². The van der Waals surface area contributed by atoms with E-state index in [1.165, 1.54) is 18.5 Å². The summed E-state index contributed by atoms with van der Waals surface area (Å²) in [5, 5.41) is 4.27. The Bertz CT molecular complexity index is 1120. The van der Waals surface area contributed by atoms with Crippen molar-refractivity contribution in [2.24, 2.45) is 0 Å². The van der Waals surface area contributed by atoms with Crippen molar-refractivity contribution >= 4 is 5.78 Å². The van der Waals surface area contributed by atoms with Gasteiger partial charge in [-0.25, -0.2) is 9.37 Å². The molecular formula is C20H17FN4O3. The summed E-state index contributed by atoms with van der Waals surface area (Å²) in [6.45, 7) is 0. The fourth-order valence-electron chi connectivity index (χ4n) is 3.02. The summed E-state index contributed by atoms with van der Waals surface area (Å²) in [4.78, 5) is 8.73.